The Morgan fingerprint density at radius 2 is 1.53 bits per heavy atom. The third-order valence-electron chi connectivity index (χ3n) is 11.8. The van der Waals surface area contributed by atoms with Gasteiger partial charge in [-0.2, -0.15) is 4.58 Å². The van der Waals surface area contributed by atoms with Gasteiger partial charge in [0.1, 0.15) is 7.05 Å². The number of anilines is 1. The minimum Gasteiger partial charge on any atom is -0.356 e. The molecule has 0 spiro atoms. The first-order chi connectivity index (χ1) is 25.6. The number of nitrogens with one attached hydrogen (secondary N) is 1. The molecule has 1 amide bonds. The van der Waals surface area contributed by atoms with Crippen molar-refractivity contribution in [3.05, 3.63) is 131 Å². The standard InChI is InChI=1S/C48H56N4O/c1-47(2)42(51(5)40-26-24-36-17-8-10-19-38(36)45(40)47)28-22-34-15-13-16-35(33-34)23-29-43-48(3,4)46-39-20-11-9-18-37(39)25-27-41(46)52(43)32-12-6-7-21-44(53)50-31-14-30-49/h8-11,17-20,22-29,33H,6-7,12-16,21,30-32,49H2,1-5H3/p+1. The Kier molecular flexibility index (Phi) is 10.6. The van der Waals surface area contributed by atoms with Gasteiger partial charge in [-0.15, -0.1) is 0 Å². The van der Waals surface area contributed by atoms with E-state index in [1.165, 1.54) is 66.6 Å². The van der Waals surface area contributed by atoms with E-state index in [1.54, 1.807) is 0 Å². The Morgan fingerprint density at radius 3 is 2.28 bits per heavy atom. The summed E-state index contributed by atoms with van der Waals surface area (Å²) in [5, 5.41) is 8.27. The maximum absolute atomic E-state index is 12.3. The van der Waals surface area contributed by atoms with Gasteiger partial charge in [0.15, 0.2) is 5.71 Å². The van der Waals surface area contributed by atoms with E-state index in [2.05, 4.69) is 153 Å². The molecule has 0 radical (unpaired) electrons. The van der Waals surface area contributed by atoms with E-state index in [9.17, 15) is 4.79 Å². The van der Waals surface area contributed by atoms with Crippen LogP contribution in [0.2, 0.25) is 0 Å². The molecule has 5 nitrogen and oxygen atoms in total. The third-order valence-corrected chi connectivity index (χ3v) is 11.8. The number of carbonyl (C=O) groups excluding carboxylic acids is 1. The molecule has 53 heavy (non-hydrogen) atoms. The highest BCUT2D eigenvalue weighted by atomic mass is 16.1. The number of carbonyl (C=O) groups is 1. The Balaban J connectivity index is 1.13. The molecule has 0 atom stereocenters. The minimum atomic E-state index is -0.147. The number of nitrogens with two attached hydrogens (primary N) is 1. The second-order valence-electron chi connectivity index (χ2n) is 16.2. The summed E-state index contributed by atoms with van der Waals surface area (Å²) in [6.07, 6.45) is 19.6. The quantitative estimate of drug-likeness (QED) is 0.114. The minimum absolute atomic E-state index is 0.0899. The predicted molar refractivity (Wildman–Crippen MR) is 225 cm³/mol. The molecule has 7 rings (SSSR count). The van der Waals surface area contributed by atoms with E-state index in [0.717, 1.165) is 51.5 Å². The van der Waals surface area contributed by atoms with E-state index in [-0.39, 0.29) is 16.7 Å². The molecular formula is C48H57N4O+. The highest BCUT2D eigenvalue weighted by Crippen LogP contribution is 2.51. The van der Waals surface area contributed by atoms with Gasteiger partial charge in [-0.25, -0.2) is 0 Å². The average Bonchev–Trinajstić information content (AvgIpc) is 3.50. The van der Waals surface area contributed by atoms with Crippen molar-refractivity contribution in [2.24, 2.45) is 5.73 Å². The maximum atomic E-state index is 12.3. The number of amides is 1. The highest BCUT2D eigenvalue weighted by Gasteiger charge is 2.44. The molecule has 3 aliphatic rings. The van der Waals surface area contributed by atoms with Crippen LogP contribution in [0.4, 0.5) is 11.4 Å². The summed E-state index contributed by atoms with van der Waals surface area (Å²) >= 11 is 0. The van der Waals surface area contributed by atoms with Crippen LogP contribution in [0.25, 0.3) is 21.5 Å². The van der Waals surface area contributed by atoms with Crippen molar-refractivity contribution in [1.82, 2.24) is 5.32 Å². The fourth-order valence-electron chi connectivity index (χ4n) is 9.13. The zero-order valence-electron chi connectivity index (χ0n) is 32.5. The molecular weight excluding hydrogens is 649 g/mol. The molecule has 0 unspecified atom stereocenters. The lowest BCUT2D eigenvalue weighted by Gasteiger charge is -2.27. The number of fused-ring (bicyclic) bond motifs is 6. The van der Waals surface area contributed by atoms with E-state index in [4.69, 9.17) is 5.73 Å². The predicted octanol–water partition coefficient (Wildman–Crippen LogP) is 10.3. The van der Waals surface area contributed by atoms with Gasteiger partial charge < -0.3 is 16.0 Å². The van der Waals surface area contributed by atoms with Crippen LogP contribution >= 0.6 is 0 Å². The third kappa shape index (κ3) is 7.16. The Bertz CT molecular complexity index is 2190. The number of benzene rings is 4. The second-order valence-corrected chi connectivity index (χ2v) is 16.2. The lowest BCUT2D eigenvalue weighted by molar-refractivity contribution is -0.401. The summed E-state index contributed by atoms with van der Waals surface area (Å²) < 4.78 is 2.39. The lowest BCUT2D eigenvalue weighted by Crippen LogP contribution is -2.27. The second kappa shape index (κ2) is 15.3. The van der Waals surface area contributed by atoms with Gasteiger partial charge >= 0.3 is 0 Å². The zero-order chi connectivity index (χ0) is 37.2. The molecule has 4 aromatic rings. The van der Waals surface area contributed by atoms with Crippen molar-refractivity contribution in [2.75, 3.05) is 31.6 Å². The van der Waals surface area contributed by atoms with Crippen molar-refractivity contribution in [3.63, 3.8) is 0 Å². The molecule has 0 fully saturated rings. The van der Waals surface area contributed by atoms with E-state index in [0.29, 0.717) is 19.5 Å². The Labute approximate surface area is 316 Å². The molecule has 0 saturated carbocycles. The van der Waals surface area contributed by atoms with Crippen LogP contribution in [-0.2, 0) is 15.6 Å². The molecule has 2 aliphatic heterocycles. The summed E-state index contributed by atoms with van der Waals surface area (Å²) in [7, 11) is 2.21. The topological polar surface area (TPSA) is 61.4 Å². The van der Waals surface area contributed by atoms with Gasteiger partial charge in [0.25, 0.3) is 0 Å². The highest BCUT2D eigenvalue weighted by molar-refractivity contribution is 6.07. The van der Waals surface area contributed by atoms with Gasteiger partial charge in [0.2, 0.25) is 11.6 Å². The SMILES string of the molecule is C[N+]1=C(/C=C/C2=CC(=C/C=C3/N(CCCCCC(=O)NCCCN)c4ccc5ccccc5c4C3(C)C)/CCC2)C(C)(C)c2c1ccc1ccccc21. The first kappa shape index (κ1) is 36.6. The summed E-state index contributed by atoms with van der Waals surface area (Å²) in [5.41, 5.74) is 16.3. The van der Waals surface area contributed by atoms with Crippen LogP contribution in [0.3, 0.4) is 0 Å². The van der Waals surface area contributed by atoms with Crippen LogP contribution in [0.5, 0.6) is 0 Å². The average molecular weight is 706 g/mol. The molecule has 3 N–H and O–H groups in total. The van der Waals surface area contributed by atoms with Gasteiger partial charge in [0, 0.05) is 54.0 Å². The van der Waals surface area contributed by atoms with Crippen molar-refractivity contribution in [3.8, 4) is 0 Å². The molecule has 4 aromatic carbocycles. The fourth-order valence-corrected chi connectivity index (χ4v) is 9.13. The molecule has 0 aromatic heterocycles. The van der Waals surface area contributed by atoms with Crippen LogP contribution in [-0.4, -0.2) is 42.9 Å². The number of nitrogens with zero attached hydrogens (tertiary/aromatic N) is 2. The number of unbranched alkanes of at least 4 members (excludes halogenated alkanes) is 2. The largest absolute Gasteiger partial charge is 0.356 e. The number of allylic oxidation sites excluding steroid dienone is 8. The summed E-state index contributed by atoms with van der Waals surface area (Å²) in [5.74, 6) is 0.135. The van der Waals surface area contributed by atoms with E-state index >= 15 is 0 Å². The molecule has 0 bridgehead atoms. The van der Waals surface area contributed by atoms with Crippen molar-refractivity contribution in [1.29, 1.82) is 0 Å². The first-order valence-corrected chi connectivity index (χ1v) is 19.8. The van der Waals surface area contributed by atoms with Gasteiger partial charge in [-0.1, -0.05) is 93.1 Å². The van der Waals surface area contributed by atoms with Gasteiger partial charge in [-0.3, -0.25) is 4.79 Å². The smallest absolute Gasteiger partial charge is 0.219 e. The Hall–Kier alpha value is -4.74. The number of rotatable bonds is 12. The molecule has 5 heteroatoms. The number of hydrogen-bond acceptors (Lipinski definition) is 3. The summed E-state index contributed by atoms with van der Waals surface area (Å²) in [6, 6.07) is 26.7. The monoisotopic (exact) mass is 705 g/mol. The Morgan fingerprint density at radius 1 is 0.811 bits per heavy atom. The van der Waals surface area contributed by atoms with Crippen LogP contribution in [0.1, 0.15) is 90.2 Å². The lowest BCUT2D eigenvalue weighted by atomic mass is 9.79. The van der Waals surface area contributed by atoms with E-state index in [1.807, 2.05) is 0 Å². The van der Waals surface area contributed by atoms with E-state index < -0.39 is 0 Å². The van der Waals surface area contributed by atoms with Crippen molar-refractivity contribution >= 4 is 44.5 Å². The van der Waals surface area contributed by atoms with Crippen molar-refractivity contribution < 1.29 is 9.37 Å². The van der Waals surface area contributed by atoms with Crippen LogP contribution in [0, 0.1) is 0 Å². The first-order valence-electron chi connectivity index (χ1n) is 19.8. The molecule has 274 valence electrons. The molecule has 1 aliphatic carbocycles. The number of hydrogen-bond donors (Lipinski definition) is 2. The normalized spacial score (nSPS) is 19.1. The summed E-state index contributed by atoms with van der Waals surface area (Å²) in [4.78, 5) is 14.8. The van der Waals surface area contributed by atoms with Crippen LogP contribution in [0.15, 0.2) is 120 Å². The van der Waals surface area contributed by atoms with Gasteiger partial charge in [0.05, 0.1) is 5.41 Å². The zero-order valence-corrected chi connectivity index (χ0v) is 32.5. The van der Waals surface area contributed by atoms with Crippen molar-refractivity contribution in [2.45, 2.75) is 89.9 Å². The van der Waals surface area contributed by atoms with Crippen LogP contribution < -0.4 is 16.0 Å². The fraction of sp³-hybridized carbons (Fsp3) is 0.375. The maximum Gasteiger partial charge on any atom is 0.219 e. The molecule has 2 heterocycles. The molecule has 0 saturated heterocycles. The summed E-state index contributed by atoms with van der Waals surface area (Å²) in [6.45, 7) is 11.7. The van der Waals surface area contributed by atoms with Gasteiger partial charge in [-0.05, 0) is 115 Å².